The minimum absolute atomic E-state index is 0.208. The predicted octanol–water partition coefficient (Wildman–Crippen LogP) is 1.43. The van der Waals surface area contributed by atoms with Crippen LogP contribution in [-0.2, 0) is 9.53 Å². The van der Waals surface area contributed by atoms with Gasteiger partial charge >= 0.3 is 5.97 Å². The van der Waals surface area contributed by atoms with E-state index >= 15 is 0 Å². The molecule has 0 N–H and O–H groups in total. The molecule has 1 aromatic rings. The van der Waals surface area contributed by atoms with E-state index in [0.717, 1.165) is 12.3 Å². The monoisotopic (exact) mass is 262 g/mol. The standard InChI is InChI=1S/C14H18N2O3/c1-16(8-7-14(17)18-2)9-10-19-13-5-3-12(11-15)4-6-13/h3-6H,7-10H2,1-2H3. The SMILES string of the molecule is COC(=O)CCN(C)CCOc1ccc(C#N)cc1. The highest BCUT2D eigenvalue weighted by atomic mass is 16.5. The highest BCUT2D eigenvalue weighted by Crippen LogP contribution is 2.11. The number of likely N-dealkylation sites (N-methyl/N-ethyl adjacent to an activating group) is 1. The molecule has 5 nitrogen and oxygen atoms in total. The molecule has 0 aliphatic rings. The van der Waals surface area contributed by atoms with Crippen LogP contribution in [0, 0.1) is 11.3 Å². The molecule has 1 aromatic carbocycles. The number of hydrogen-bond acceptors (Lipinski definition) is 5. The van der Waals surface area contributed by atoms with Crippen molar-refractivity contribution in [2.45, 2.75) is 6.42 Å². The van der Waals surface area contributed by atoms with Crippen molar-refractivity contribution in [1.82, 2.24) is 4.90 Å². The number of esters is 1. The fourth-order valence-corrected chi connectivity index (χ4v) is 1.44. The largest absolute Gasteiger partial charge is 0.492 e. The molecule has 5 heteroatoms. The van der Waals surface area contributed by atoms with E-state index in [1.165, 1.54) is 7.11 Å². The fourth-order valence-electron chi connectivity index (χ4n) is 1.44. The third kappa shape index (κ3) is 5.89. The Balaban J connectivity index is 2.22. The van der Waals surface area contributed by atoms with Crippen LogP contribution in [0.3, 0.4) is 0 Å². The van der Waals surface area contributed by atoms with Crippen molar-refractivity contribution >= 4 is 5.97 Å². The Labute approximate surface area is 113 Å². The molecular formula is C14H18N2O3. The summed E-state index contributed by atoms with van der Waals surface area (Å²) < 4.78 is 10.1. The van der Waals surface area contributed by atoms with Crippen LogP contribution in [0.1, 0.15) is 12.0 Å². The minimum atomic E-state index is -0.208. The van der Waals surface area contributed by atoms with E-state index in [1.54, 1.807) is 24.3 Å². The van der Waals surface area contributed by atoms with E-state index in [1.807, 2.05) is 11.9 Å². The van der Waals surface area contributed by atoms with Gasteiger partial charge < -0.3 is 14.4 Å². The molecule has 102 valence electrons. The van der Waals surface area contributed by atoms with E-state index in [9.17, 15) is 4.79 Å². The van der Waals surface area contributed by atoms with Crippen molar-refractivity contribution in [3.63, 3.8) is 0 Å². The van der Waals surface area contributed by atoms with Crippen LogP contribution in [0.2, 0.25) is 0 Å². The number of carbonyl (C=O) groups excluding carboxylic acids is 1. The van der Waals surface area contributed by atoms with Crippen LogP contribution >= 0.6 is 0 Å². The number of benzene rings is 1. The van der Waals surface area contributed by atoms with Crippen LogP contribution in [0.25, 0.3) is 0 Å². The van der Waals surface area contributed by atoms with Gasteiger partial charge in [-0.3, -0.25) is 4.79 Å². The molecule has 0 aliphatic carbocycles. The molecule has 0 aliphatic heterocycles. The summed E-state index contributed by atoms with van der Waals surface area (Å²) in [5.74, 6) is 0.528. The van der Waals surface area contributed by atoms with Gasteiger partial charge in [-0.1, -0.05) is 0 Å². The Bertz CT molecular complexity index is 437. The van der Waals surface area contributed by atoms with E-state index < -0.39 is 0 Å². The van der Waals surface area contributed by atoms with Crippen LogP contribution in [0.5, 0.6) is 5.75 Å². The van der Waals surface area contributed by atoms with E-state index in [4.69, 9.17) is 10.00 Å². The van der Waals surface area contributed by atoms with Crippen LogP contribution in [0.15, 0.2) is 24.3 Å². The van der Waals surface area contributed by atoms with Gasteiger partial charge in [0.05, 0.1) is 25.2 Å². The second-order valence-corrected chi connectivity index (χ2v) is 4.11. The summed E-state index contributed by atoms with van der Waals surface area (Å²) in [6.45, 7) is 1.89. The summed E-state index contributed by atoms with van der Waals surface area (Å²) in [5, 5.41) is 8.67. The van der Waals surface area contributed by atoms with Crippen molar-refractivity contribution in [2.24, 2.45) is 0 Å². The number of rotatable bonds is 7. The Morgan fingerprint density at radius 3 is 2.58 bits per heavy atom. The van der Waals surface area contributed by atoms with Gasteiger partial charge in [0.15, 0.2) is 0 Å². The topological polar surface area (TPSA) is 62.6 Å². The van der Waals surface area contributed by atoms with Crippen molar-refractivity contribution in [3.05, 3.63) is 29.8 Å². The van der Waals surface area contributed by atoms with E-state index in [-0.39, 0.29) is 5.97 Å². The predicted molar refractivity (Wildman–Crippen MR) is 70.8 cm³/mol. The van der Waals surface area contributed by atoms with Gasteiger partial charge in [0.2, 0.25) is 0 Å². The van der Waals surface area contributed by atoms with Crippen LogP contribution in [-0.4, -0.2) is 44.7 Å². The van der Waals surface area contributed by atoms with Crippen LogP contribution in [0.4, 0.5) is 0 Å². The summed E-state index contributed by atoms with van der Waals surface area (Å²) in [5.41, 5.74) is 0.613. The van der Waals surface area contributed by atoms with Gasteiger partial charge in [0, 0.05) is 13.1 Å². The molecule has 0 atom stereocenters. The molecule has 0 unspecified atom stereocenters. The Hall–Kier alpha value is -2.06. The summed E-state index contributed by atoms with van der Waals surface area (Å²) in [6, 6.07) is 9.03. The zero-order chi connectivity index (χ0) is 14.1. The smallest absolute Gasteiger partial charge is 0.306 e. The lowest BCUT2D eigenvalue weighted by Crippen LogP contribution is -2.27. The molecule has 0 heterocycles. The maximum Gasteiger partial charge on any atom is 0.306 e. The highest BCUT2D eigenvalue weighted by Gasteiger charge is 2.04. The van der Waals surface area contributed by atoms with Gasteiger partial charge in [-0.15, -0.1) is 0 Å². The molecule has 0 bridgehead atoms. The van der Waals surface area contributed by atoms with Crippen LogP contribution < -0.4 is 4.74 Å². The maximum atomic E-state index is 11.0. The Morgan fingerprint density at radius 1 is 1.32 bits per heavy atom. The lowest BCUT2D eigenvalue weighted by atomic mass is 10.2. The second-order valence-electron chi connectivity index (χ2n) is 4.11. The van der Waals surface area contributed by atoms with Crippen molar-refractivity contribution in [1.29, 1.82) is 5.26 Å². The molecule has 0 amide bonds. The second kappa shape index (κ2) is 8.11. The molecule has 0 saturated carbocycles. The zero-order valence-corrected chi connectivity index (χ0v) is 11.3. The maximum absolute atomic E-state index is 11.0. The molecule has 19 heavy (non-hydrogen) atoms. The minimum Gasteiger partial charge on any atom is -0.492 e. The zero-order valence-electron chi connectivity index (χ0n) is 11.3. The number of nitrogens with zero attached hydrogens (tertiary/aromatic N) is 2. The summed E-state index contributed by atoms with van der Waals surface area (Å²) in [4.78, 5) is 13.0. The quantitative estimate of drug-likeness (QED) is 0.696. The normalized spacial score (nSPS) is 10.0. The van der Waals surface area contributed by atoms with Crippen molar-refractivity contribution in [2.75, 3.05) is 33.9 Å². The van der Waals surface area contributed by atoms with Gasteiger partial charge in [0.1, 0.15) is 12.4 Å². The summed E-state index contributed by atoms with van der Waals surface area (Å²) in [6.07, 6.45) is 0.379. The third-order valence-electron chi connectivity index (χ3n) is 2.65. The van der Waals surface area contributed by atoms with Crippen molar-refractivity contribution in [3.8, 4) is 11.8 Å². The molecule has 0 fully saturated rings. The fraction of sp³-hybridized carbons (Fsp3) is 0.429. The first kappa shape index (κ1) is 15.0. The lowest BCUT2D eigenvalue weighted by molar-refractivity contribution is -0.140. The summed E-state index contributed by atoms with van der Waals surface area (Å²) >= 11 is 0. The molecule has 1 rings (SSSR count). The first-order chi connectivity index (χ1) is 9.15. The Morgan fingerprint density at radius 2 is 2.00 bits per heavy atom. The number of nitriles is 1. The van der Waals surface area contributed by atoms with Gasteiger partial charge in [0.25, 0.3) is 0 Å². The molecular weight excluding hydrogens is 244 g/mol. The first-order valence-corrected chi connectivity index (χ1v) is 6.04. The van der Waals surface area contributed by atoms with E-state index in [0.29, 0.717) is 25.1 Å². The molecule has 0 saturated heterocycles. The number of ether oxygens (including phenoxy) is 2. The van der Waals surface area contributed by atoms with Gasteiger partial charge in [-0.25, -0.2) is 0 Å². The van der Waals surface area contributed by atoms with Gasteiger partial charge in [-0.2, -0.15) is 5.26 Å². The van der Waals surface area contributed by atoms with Crippen molar-refractivity contribution < 1.29 is 14.3 Å². The number of methoxy groups -OCH3 is 1. The average Bonchev–Trinajstić information content (AvgIpc) is 2.45. The highest BCUT2D eigenvalue weighted by molar-refractivity contribution is 5.69. The molecule has 0 spiro atoms. The molecule has 0 aromatic heterocycles. The van der Waals surface area contributed by atoms with E-state index in [2.05, 4.69) is 10.8 Å². The molecule has 0 radical (unpaired) electrons. The average molecular weight is 262 g/mol. The Kier molecular flexibility index (Phi) is 6.41. The summed E-state index contributed by atoms with van der Waals surface area (Å²) in [7, 11) is 3.31. The first-order valence-electron chi connectivity index (χ1n) is 6.04. The third-order valence-corrected chi connectivity index (χ3v) is 2.65. The number of hydrogen-bond donors (Lipinski definition) is 0. The van der Waals surface area contributed by atoms with Gasteiger partial charge in [-0.05, 0) is 31.3 Å². The number of carbonyl (C=O) groups is 1. The lowest BCUT2D eigenvalue weighted by Gasteiger charge is -2.16.